The van der Waals surface area contributed by atoms with Gasteiger partial charge in [0.2, 0.25) is 11.7 Å². The van der Waals surface area contributed by atoms with E-state index in [1.165, 1.54) is 0 Å². The van der Waals surface area contributed by atoms with Gasteiger partial charge in [-0.05, 0) is 26.7 Å². The van der Waals surface area contributed by atoms with E-state index in [0.717, 1.165) is 0 Å². The molecule has 0 amide bonds. The Balaban J connectivity index is 2.92. The Hall–Kier alpha value is -0.940. The minimum Gasteiger partial charge on any atom is -0.370 e. The Bertz CT molecular complexity index is 347. The lowest BCUT2D eigenvalue weighted by Gasteiger charge is -2.17. The molecule has 1 atom stereocenters. The normalized spacial score (nSPS) is 14.3. The molecule has 0 saturated carbocycles. The summed E-state index contributed by atoms with van der Waals surface area (Å²) in [5.41, 5.74) is 5.39. The second-order valence-corrected chi connectivity index (χ2v) is 5.17. The van der Waals surface area contributed by atoms with Crippen molar-refractivity contribution in [3.05, 3.63) is 11.7 Å². The maximum atomic E-state index is 5.68. The fourth-order valence-electron chi connectivity index (χ4n) is 1.46. The van der Waals surface area contributed by atoms with Crippen LogP contribution in [0.5, 0.6) is 0 Å². The molecule has 0 aliphatic carbocycles. The minimum atomic E-state index is -0.293. The van der Waals surface area contributed by atoms with Crippen molar-refractivity contribution >= 4 is 0 Å². The zero-order chi connectivity index (χ0) is 13.1. The molecule has 5 heteroatoms. The fourth-order valence-corrected chi connectivity index (χ4v) is 1.46. The van der Waals surface area contributed by atoms with E-state index in [0.29, 0.717) is 30.8 Å². The Labute approximate surface area is 103 Å². The van der Waals surface area contributed by atoms with Crippen molar-refractivity contribution in [2.45, 2.75) is 46.1 Å². The van der Waals surface area contributed by atoms with Gasteiger partial charge in [0, 0.05) is 13.2 Å². The third-order valence-electron chi connectivity index (χ3n) is 2.74. The van der Waals surface area contributed by atoms with Crippen molar-refractivity contribution in [1.82, 2.24) is 10.1 Å². The van der Waals surface area contributed by atoms with Crippen LogP contribution < -0.4 is 5.73 Å². The summed E-state index contributed by atoms with van der Waals surface area (Å²) in [6.45, 7) is 11.2. The SMILES string of the molecule is CCOC(c1noc(C(C)(C)CN)n1)C(C)C. The molecule has 1 heterocycles. The highest BCUT2D eigenvalue weighted by Gasteiger charge is 2.29. The molecule has 0 radical (unpaired) electrons. The third kappa shape index (κ3) is 3.26. The molecule has 2 N–H and O–H groups in total. The van der Waals surface area contributed by atoms with E-state index in [9.17, 15) is 0 Å². The molecule has 0 aromatic carbocycles. The summed E-state index contributed by atoms with van der Waals surface area (Å²) in [5.74, 6) is 1.49. The van der Waals surface area contributed by atoms with Crippen LogP contribution in [-0.4, -0.2) is 23.3 Å². The summed E-state index contributed by atoms with van der Waals surface area (Å²) in [6.07, 6.45) is -0.119. The van der Waals surface area contributed by atoms with Gasteiger partial charge in [-0.3, -0.25) is 0 Å². The van der Waals surface area contributed by atoms with Crippen molar-refractivity contribution in [3.63, 3.8) is 0 Å². The lowest BCUT2D eigenvalue weighted by molar-refractivity contribution is 0.0217. The van der Waals surface area contributed by atoms with Crippen molar-refractivity contribution in [3.8, 4) is 0 Å². The summed E-state index contributed by atoms with van der Waals surface area (Å²) < 4.78 is 10.9. The highest BCUT2D eigenvalue weighted by atomic mass is 16.5. The molecule has 1 rings (SSSR count). The molecule has 5 nitrogen and oxygen atoms in total. The smallest absolute Gasteiger partial charge is 0.233 e. The van der Waals surface area contributed by atoms with Gasteiger partial charge in [-0.15, -0.1) is 0 Å². The number of nitrogens with zero attached hydrogens (tertiary/aromatic N) is 2. The summed E-state index contributed by atoms with van der Waals surface area (Å²) in [4.78, 5) is 4.41. The van der Waals surface area contributed by atoms with E-state index in [1.807, 2.05) is 20.8 Å². The molecule has 0 saturated heterocycles. The van der Waals surface area contributed by atoms with Crippen LogP contribution in [0.2, 0.25) is 0 Å². The van der Waals surface area contributed by atoms with Crippen LogP contribution in [0.25, 0.3) is 0 Å². The molecule has 1 aromatic rings. The molecule has 0 aliphatic heterocycles. The largest absolute Gasteiger partial charge is 0.370 e. The first-order chi connectivity index (χ1) is 7.92. The standard InChI is InChI=1S/C12H23N3O2/c1-6-16-9(8(2)3)10-14-11(17-15-10)12(4,5)7-13/h8-9H,6-7,13H2,1-5H3. The quantitative estimate of drug-likeness (QED) is 0.825. The van der Waals surface area contributed by atoms with E-state index in [2.05, 4.69) is 24.0 Å². The lowest BCUT2D eigenvalue weighted by atomic mass is 9.94. The molecule has 1 unspecified atom stereocenters. The fraction of sp³-hybridized carbons (Fsp3) is 0.833. The molecule has 0 fully saturated rings. The molecule has 0 bridgehead atoms. The number of nitrogens with two attached hydrogens (primary N) is 1. The number of hydrogen-bond acceptors (Lipinski definition) is 5. The predicted octanol–water partition coefficient (Wildman–Crippen LogP) is 2.04. The molecular weight excluding hydrogens is 218 g/mol. The lowest BCUT2D eigenvalue weighted by Crippen LogP contribution is -2.28. The van der Waals surface area contributed by atoms with Crippen molar-refractivity contribution < 1.29 is 9.26 Å². The Kier molecular flexibility index (Phi) is 4.65. The summed E-state index contributed by atoms with van der Waals surface area (Å²) >= 11 is 0. The van der Waals surface area contributed by atoms with Gasteiger partial charge in [-0.25, -0.2) is 0 Å². The molecule has 98 valence electrons. The average Bonchev–Trinajstić information content (AvgIpc) is 2.75. The number of ether oxygens (including phenoxy) is 1. The van der Waals surface area contributed by atoms with E-state index in [4.69, 9.17) is 15.0 Å². The maximum absolute atomic E-state index is 5.68. The van der Waals surface area contributed by atoms with Crippen LogP contribution in [0.1, 0.15) is 52.4 Å². The summed E-state index contributed by atoms with van der Waals surface area (Å²) in [7, 11) is 0. The van der Waals surface area contributed by atoms with Crippen LogP contribution in [0.3, 0.4) is 0 Å². The van der Waals surface area contributed by atoms with Gasteiger partial charge in [-0.1, -0.05) is 19.0 Å². The Morgan fingerprint density at radius 3 is 2.53 bits per heavy atom. The van der Waals surface area contributed by atoms with Crippen LogP contribution in [0, 0.1) is 5.92 Å². The molecular formula is C12H23N3O2. The average molecular weight is 241 g/mol. The first kappa shape index (κ1) is 14.1. The summed E-state index contributed by atoms with van der Waals surface area (Å²) in [5, 5.41) is 4.00. The van der Waals surface area contributed by atoms with Gasteiger partial charge in [0.15, 0.2) is 0 Å². The number of rotatable bonds is 6. The maximum Gasteiger partial charge on any atom is 0.233 e. The van der Waals surface area contributed by atoms with Gasteiger partial charge in [-0.2, -0.15) is 4.98 Å². The van der Waals surface area contributed by atoms with Crippen molar-refractivity contribution in [2.24, 2.45) is 11.7 Å². The monoisotopic (exact) mass is 241 g/mol. The second kappa shape index (κ2) is 5.60. The van der Waals surface area contributed by atoms with Crippen molar-refractivity contribution in [1.29, 1.82) is 0 Å². The first-order valence-electron chi connectivity index (χ1n) is 6.08. The molecule has 0 aliphatic rings. The van der Waals surface area contributed by atoms with Gasteiger partial charge >= 0.3 is 0 Å². The zero-order valence-corrected chi connectivity index (χ0v) is 11.4. The van der Waals surface area contributed by atoms with Gasteiger partial charge in [0.1, 0.15) is 6.10 Å². The summed E-state index contributed by atoms with van der Waals surface area (Å²) in [6, 6.07) is 0. The van der Waals surface area contributed by atoms with E-state index in [-0.39, 0.29) is 11.5 Å². The molecule has 0 spiro atoms. The first-order valence-corrected chi connectivity index (χ1v) is 6.08. The van der Waals surface area contributed by atoms with Gasteiger partial charge in [0.05, 0.1) is 5.41 Å². The predicted molar refractivity (Wildman–Crippen MR) is 65.6 cm³/mol. The third-order valence-corrected chi connectivity index (χ3v) is 2.74. The van der Waals surface area contributed by atoms with Crippen molar-refractivity contribution in [2.75, 3.05) is 13.2 Å². The highest BCUT2D eigenvalue weighted by Crippen LogP contribution is 2.26. The highest BCUT2D eigenvalue weighted by molar-refractivity contribution is 5.03. The minimum absolute atomic E-state index is 0.119. The van der Waals surface area contributed by atoms with Crippen LogP contribution in [0.4, 0.5) is 0 Å². The number of hydrogen-bond donors (Lipinski definition) is 1. The number of aromatic nitrogens is 2. The Morgan fingerprint density at radius 2 is 2.06 bits per heavy atom. The van der Waals surface area contributed by atoms with Crippen LogP contribution in [0.15, 0.2) is 4.52 Å². The molecule has 1 aromatic heterocycles. The van der Waals surface area contributed by atoms with Gasteiger partial charge in [0.25, 0.3) is 0 Å². The van der Waals surface area contributed by atoms with E-state index in [1.54, 1.807) is 0 Å². The zero-order valence-electron chi connectivity index (χ0n) is 11.4. The second-order valence-electron chi connectivity index (χ2n) is 5.17. The van der Waals surface area contributed by atoms with Crippen LogP contribution in [-0.2, 0) is 10.2 Å². The van der Waals surface area contributed by atoms with E-state index >= 15 is 0 Å². The van der Waals surface area contributed by atoms with Crippen LogP contribution >= 0.6 is 0 Å². The van der Waals surface area contributed by atoms with E-state index < -0.39 is 0 Å². The molecule has 17 heavy (non-hydrogen) atoms. The topological polar surface area (TPSA) is 74.2 Å². The van der Waals surface area contributed by atoms with Gasteiger partial charge < -0.3 is 15.0 Å². The Morgan fingerprint density at radius 1 is 1.41 bits per heavy atom.